The second-order valence-electron chi connectivity index (χ2n) is 7.24. The predicted molar refractivity (Wildman–Crippen MR) is 114 cm³/mol. The zero-order valence-electron chi connectivity index (χ0n) is 16.6. The van der Waals surface area contributed by atoms with Gasteiger partial charge >= 0.3 is 0 Å². The molecular formula is C22H18ClN5O3. The average molecular weight is 436 g/mol. The summed E-state index contributed by atoms with van der Waals surface area (Å²) in [7, 11) is 1.60. The largest absolute Gasteiger partial charge is 0.496 e. The highest BCUT2D eigenvalue weighted by molar-refractivity contribution is 6.30. The van der Waals surface area contributed by atoms with Crippen LogP contribution >= 0.6 is 11.6 Å². The molecule has 0 aliphatic carbocycles. The molecule has 1 fully saturated rings. The molecule has 0 bridgehead atoms. The number of hydrogen-bond donors (Lipinski definition) is 1. The van der Waals surface area contributed by atoms with Crippen LogP contribution in [0.25, 0.3) is 22.6 Å². The number of nitrogens with one attached hydrogen (secondary N) is 1. The van der Waals surface area contributed by atoms with Crippen LogP contribution in [0.15, 0.2) is 59.1 Å². The molecule has 0 spiro atoms. The number of carbonyl (C=O) groups excluding carboxylic acids is 1. The van der Waals surface area contributed by atoms with E-state index in [0.29, 0.717) is 47.0 Å². The Labute approximate surface area is 182 Å². The maximum atomic E-state index is 12.8. The topological polar surface area (TPSA) is 97.1 Å². The van der Waals surface area contributed by atoms with Gasteiger partial charge in [-0.1, -0.05) is 41.0 Å². The van der Waals surface area contributed by atoms with Crippen LogP contribution in [0.5, 0.6) is 5.75 Å². The first-order valence-electron chi connectivity index (χ1n) is 9.70. The number of methoxy groups -OCH3 is 1. The Morgan fingerprint density at radius 3 is 2.84 bits per heavy atom. The van der Waals surface area contributed by atoms with Gasteiger partial charge in [0.2, 0.25) is 11.7 Å². The molecule has 156 valence electrons. The summed E-state index contributed by atoms with van der Waals surface area (Å²) in [6.07, 6.45) is 0. The number of nitrogens with zero attached hydrogens (tertiary/aromatic N) is 4. The Kier molecular flexibility index (Phi) is 4.91. The van der Waals surface area contributed by atoms with Gasteiger partial charge in [0.15, 0.2) is 0 Å². The third-order valence-electron chi connectivity index (χ3n) is 5.23. The maximum absolute atomic E-state index is 12.8. The van der Waals surface area contributed by atoms with Crippen molar-refractivity contribution in [2.45, 2.75) is 5.92 Å². The van der Waals surface area contributed by atoms with E-state index in [1.807, 2.05) is 36.4 Å². The van der Waals surface area contributed by atoms with Crippen molar-refractivity contribution in [3.05, 3.63) is 71.2 Å². The van der Waals surface area contributed by atoms with Crippen LogP contribution in [0.1, 0.15) is 22.3 Å². The lowest BCUT2D eigenvalue weighted by Gasteiger charge is -2.36. The molecule has 2 aromatic carbocycles. The summed E-state index contributed by atoms with van der Waals surface area (Å²) < 4.78 is 10.8. The third-order valence-corrected chi connectivity index (χ3v) is 5.47. The van der Waals surface area contributed by atoms with Crippen LogP contribution in [0.2, 0.25) is 5.02 Å². The number of hydrogen-bond acceptors (Lipinski definition) is 6. The zero-order chi connectivity index (χ0) is 21.4. The van der Waals surface area contributed by atoms with Gasteiger partial charge in [0, 0.05) is 29.2 Å². The number of benzene rings is 2. The van der Waals surface area contributed by atoms with E-state index in [9.17, 15) is 4.79 Å². The highest BCUT2D eigenvalue weighted by Crippen LogP contribution is 2.31. The second kappa shape index (κ2) is 7.88. The average Bonchev–Trinajstić information content (AvgIpc) is 3.43. The van der Waals surface area contributed by atoms with Gasteiger partial charge in [-0.25, -0.2) is 0 Å². The first kappa shape index (κ1) is 19.3. The van der Waals surface area contributed by atoms with E-state index in [1.165, 1.54) is 0 Å². The van der Waals surface area contributed by atoms with E-state index in [0.717, 1.165) is 11.1 Å². The minimum Gasteiger partial charge on any atom is -0.496 e. The number of rotatable bonds is 5. The SMILES string of the molecule is COc1ccccc1-c1cc(C(=O)N2CC(c3nc(-c4cccc(Cl)c4)no3)C2)[nH]n1. The molecule has 0 radical (unpaired) electrons. The van der Waals surface area contributed by atoms with Crippen LogP contribution in [0, 0.1) is 0 Å². The van der Waals surface area contributed by atoms with Crippen molar-refractivity contribution in [3.8, 4) is 28.4 Å². The summed E-state index contributed by atoms with van der Waals surface area (Å²) in [6, 6.07) is 16.5. The third kappa shape index (κ3) is 3.66. The summed E-state index contributed by atoms with van der Waals surface area (Å²) >= 11 is 6.03. The molecule has 0 saturated carbocycles. The predicted octanol–water partition coefficient (Wildman–Crippen LogP) is 4.03. The van der Waals surface area contributed by atoms with Gasteiger partial charge in [-0.15, -0.1) is 0 Å². The lowest BCUT2D eigenvalue weighted by Crippen LogP contribution is -2.48. The van der Waals surface area contributed by atoms with Crippen molar-refractivity contribution in [2.75, 3.05) is 20.2 Å². The van der Waals surface area contributed by atoms with Crippen molar-refractivity contribution in [1.29, 1.82) is 0 Å². The van der Waals surface area contributed by atoms with Crippen LogP contribution in [0.3, 0.4) is 0 Å². The molecule has 3 heterocycles. The molecule has 0 atom stereocenters. The van der Waals surface area contributed by atoms with Gasteiger partial charge in [-0.3, -0.25) is 9.89 Å². The highest BCUT2D eigenvalue weighted by atomic mass is 35.5. The minimum absolute atomic E-state index is 0.000920. The number of aromatic amines is 1. The van der Waals surface area contributed by atoms with E-state index in [1.54, 1.807) is 30.2 Å². The first-order valence-corrected chi connectivity index (χ1v) is 10.1. The number of likely N-dealkylation sites (tertiary alicyclic amines) is 1. The van der Waals surface area contributed by atoms with Crippen LogP contribution < -0.4 is 4.74 Å². The van der Waals surface area contributed by atoms with Gasteiger partial charge in [0.05, 0.1) is 18.7 Å². The first-order chi connectivity index (χ1) is 15.1. The molecule has 4 aromatic rings. The summed E-state index contributed by atoms with van der Waals surface area (Å²) in [4.78, 5) is 19.0. The molecule has 8 nitrogen and oxygen atoms in total. The fourth-order valence-corrected chi connectivity index (χ4v) is 3.73. The van der Waals surface area contributed by atoms with E-state index in [-0.39, 0.29) is 11.8 Å². The van der Waals surface area contributed by atoms with Gasteiger partial charge in [0.1, 0.15) is 11.4 Å². The molecule has 9 heteroatoms. The lowest BCUT2D eigenvalue weighted by atomic mass is 9.99. The van der Waals surface area contributed by atoms with E-state index >= 15 is 0 Å². The number of amides is 1. The molecule has 0 unspecified atom stereocenters. The Morgan fingerprint density at radius 1 is 1.19 bits per heavy atom. The number of H-pyrrole nitrogens is 1. The molecular weight excluding hydrogens is 418 g/mol. The van der Waals surface area contributed by atoms with Gasteiger partial charge in [-0.2, -0.15) is 10.1 Å². The standard InChI is InChI=1S/C22H18ClN5O3/c1-30-19-8-3-2-7-16(19)17-10-18(26-25-17)22(29)28-11-14(12-28)21-24-20(27-31-21)13-5-4-6-15(23)9-13/h2-10,14H,11-12H2,1H3,(H,25,26). The van der Waals surface area contributed by atoms with E-state index < -0.39 is 0 Å². The molecule has 1 saturated heterocycles. The van der Waals surface area contributed by atoms with Gasteiger partial charge < -0.3 is 14.2 Å². The minimum atomic E-state index is -0.125. The summed E-state index contributed by atoms with van der Waals surface area (Å²) in [5.74, 6) is 1.57. The number of para-hydroxylation sites is 1. The Morgan fingerprint density at radius 2 is 2.03 bits per heavy atom. The van der Waals surface area contributed by atoms with Crippen molar-refractivity contribution in [1.82, 2.24) is 25.2 Å². The maximum Gasteiger partial charge on any atom is 0.271 e. The smallest absolute Gasteiger partial charge is 0.271 e. The number of aromatic nitrogens is 4. The van der Waals surface area contributed by atoms with Crippen LogP contribution in [-0.2, 0) is 0 Å². The fraction of sp³-hybridized carbons (Fsp3) is 0.182. The van der Waals surface area contributed by atoms with Crippen molar-refractivity contribution in [2.24, 2.45) is 0 Å². The Bertz CT molecular complexity index is 1250. The Balaban J connectivity index is 1.25. The van der Waals surface area contributed by atoms with Crippen molar-refractivity contribution in [3.63, 3.8) is 0 Å². The van der Waals surface area contributed by atoms with Crippen LogP contribution in [0.4, 0.5) is 0 Å². The molecule has 1 aliphatic rings. The summed E-state index contributed by atoms with van der Waals surface area (Å²) in [5, 5.41) is 11.7. The normalized spacial score (nSPS) is 13.8. The van der Waals surface area contributed by atoms with Gasteiger partial charge in [0.25, 0.3) is 5.91 Å². The molecule has 31 heavy (non-hydrogen) atoms. The van der Waals surface area contributed by atoms with E-state index in [2.05, 4.69) is 20.3 Å². The van der Waals surface area contributed by atoms with Crippen LogP contribution in [-0.4, -0.2) is 51.3 Å². The zero-order valence-corrected chi connectivity index (χ0v) is 17.3. The number of carbonyl (C=O) groups is 1. The Hall–Kier alpha value is -3.65. The fourth-order valence-electron chi connectivity index (χ4n) is 3.54. The van der Waals surface area contributed by atoms with Crippen molar-refractivity contribution < 1.29 is 14.1 Å². The monoisotopic (exact) mass is 435 g/mol. The summed E-state index contributed by atoms with van der Waals surface area (Å²) in [5.41, 5.74) is 2.68. The van der Waals surface area contributed by atoms with Crippen molar-refractivity contribution >= 4 is 17.5 Å². The lowest BCUT2D eigenvalue weighted by molar-refractivity contribution is 0.0563. The van der Waals surface area contributed by atoms with E-state index in [4.69, 9.17) is 20.9 Å². The second-order valence-corrected chi connectivity index (χ2v) is 7.68. The molecule has 1 N–H and O–H groups in total. The summed E-state index contributed by atoms with van der Waals surface area (Å²) in [6.45, 7) is 0.998. The number of ether oxygens (including phenoxy) is 1. The quantitative estimate of drug-likeness (QED) is 0.508. The molecule has 1 amide bonds. The molecule has 2 aromatic heterocycles. The van der Waals surface area contributed by atoms with Gasteiger partial charge in [-0.05, 0) is 30.3 Å². The highest BCUT2D eigenvalue weighted by Gasteiger charge is 2.36. The molecule has 1 aliphatic heterocycles. The number of halogens is 1. The molecule has 5 rings (SSSR count).